The lowest BCUT2D eigenvalue weighted by molar-refractivity contribution is 0.0730. The van der Waals surface area contributed by atoms with Gasteiger partial charge in [-0.15, -0.1) is 0 Å². The van der Waals surface area contributed by atoms with Crippen molar-refractivity contribution in [2.24, 2.45) is 0 Å². The maximum absolute atomic E-state index is 12.5. The monoisotopic (exact) mass is 361 g/mol. The smallest absolute Gasteiger partial charge is 0.216 e. The lowest BCUT2D eigenvalue weighted by Gasteiger charge is -2.26. The highest BCUT2D eigenvalue weighted by molar-refractivity contribution is 7.89. The van der Waals surface area contributed by atoms with Crippen molar-refractivity contribution in [2.45, 2.75) is 6.54 Å². The topological polar surface area (TPSA) is 77.6 Å². The first-order valence-electron chi connectivity index (χ1n) is 8.19. The van der Waals surface area contributed by atoms with Crippen LogP contribution in [0.5, 0.6) is 0 Å². The number of nitrogens with zero attached hydrogens (tertiary/aromatic N) is 3. The number of furan rings is 1. The minimum atomic E-state index is -3.31. The van der Waals surface area contributed by atoms with Crippen LogP contribution < -0.4 is 0 Å². The molecule has 1 aromatic carbocycles. The summed E-state index contributed by atoms with van der Waals surface area (Å²) in [4.78, 5) is 4.34. The summed E-state index contributed by atoms with van der Waals surface area (Å²) in [6.07, 6.45) is 3.43. The van der Waals surface area contributed by atoms with E-state index < -0.39 is 10.0 Å². The molecule has 3 heterocycles. The van der Waals surface area contributed by atoms with Crippen molar-refractivity contribution >= 4 is 21.0 Å². The zero-order valence-corrected chi connectivity index (χ0v) is 14.5. The van der Waals surface area contributed by atoms with Gasteiger partial charge in [0.15, 0.2) is 11.6 Å². The molecule has 1 saturated heterocycles. The van der Waals surface area contributed by atoms with Gasteiger partial charge in [0, 0.05) is 37.4 Å². The number of morpholine rings is 1. The van der Waals surface area contributed by atoms with Crippen LogP contribution in [0.2, 0.25) is 0 Å². The molecule has 1 aliphatic rings. The molecule has 0 spiro atoms. The zero-order chi connectivity index (χ0) is 17.3. The molecule has 132 valence electrons. The minimum Gasteiger partial charge on any atom is -0.453 e. The van der Waals surface area contributed by atoms with Crippen LogP contribution in [-0.2, 0) is 21.3 Å². The van der Waals surface area contributed by atoms with Gasteiger partial charge < -0.3 is 13.7 Å². The molecule has 7 nitrogen and oxygen atoms in total. The fraction of sp³-hybridized carbons (Fsp3) is 0.353. The molecule has 8 heteroatoms. The SMILES string of the molecule is O=S(=O)(CCn1ccnc1-c1cc2ccccc2o1)N1CCOCC1. The molecule has 4 rings (SSSR count). The number of aryl methyl sites for hydroxylation is 1. The minimum absolute atomic E-state index is 0.0244. The predicted molar refractivity (Wildman–Crippen MR) is 93.6 cm³/mol. The van der Waals surface area contributed by atoms with Crippen LogP contribution in [0.25, 0.3) is 22.6 Å². The molecule has 1 aliphatic heterocycles. The third-order valence-electron chi connectivity index (χ3n) is 4.31. The summed E-state index contributed by atoms with van der Waals surface area (Å²) < 4.78 is 39.3. The van der Waals surface area contributed by atoms with Gasteiger partial charge >= 0.3 is 0 Å². The zero-order valence-electron chi connectivity index (χ0n) is 13.7. The molecule has 25 heavy (non-hydrogen) atoms. The number of imidazole rings is 1. The Bertz CT molecular complexity index is 938. The first-order chi connectivity index (χ1) is 12.1. The van der Waals surface area contributed by atoms with Gasteiger partial charge in [0.1, 0.15) is 5.58 Å². The van der Waals surface area contributed by atoms with Crippen LogP contribution in [0.1, 0.15) is 0 Å². The number of fused-ring (bicyclic) bond motifs is 1. The lowest BCUT2D eigenvalue weighted by Crippen LogP contribution is -2.42. The van der Waals surface area contributed by atoms with E-state index in [2.05, 4.69) is 4.98 Å². The van der Waals surface area contributed by atoms with Crippen molar-refractivity contribution in [3.63, 3.8) is 0 Å². The third kappa shape index (κ3) is 3.33. The maximum Gasteiger partial charge on any atom is 0.216 e. The van der Waals surface area contributed by atoms with E-state index in [-0.39, 0.29) is 5.75 Å². The summed E-state index contributed by atoms with van der Waals surface area (Å²) in [7, 11) is -3.31. The molecule has 1 fully saturated rings. The summed E-state index contributed by atoms with van der Waals surface area (Å²) in [6.45, 7) is 2.07. The van der Waals surface area contributed by atoms with Crippen molar-refractivity contribution in [3.05, 3.63) is 42.7 Å². The Labute approximate surface area is 145 Å². The molecular weight excluding hydrogens is 342 g/mol. The van der Waals surface area contributed by atoms with E-state index in [1.165, 1.54) is 4.31 Å². The van der Waals surface area contributed by atoms with Gasteiger partial charge in [-0.2, -0.15) is 4.31 Å². The van der Waals surface area contributed by atoms with Crippen molar-refractivity contribution in [1.82, 2.24) is 13.9 Å². The Morgan fingerprint density at radius 3 is 2.76 bits per heavy atom. The number of para-hydroxylation sites is 1. The van der Waals surface area contributed by atoms with E-state index >= 15 is 0 Å². The predicted octanol–water partition coefficient (Wildman–Crippen LogP) is 1.96. The molecule has 0 aliphatic carbocycles. The van der Waals surface area contributed by atoms with Gasteiger partial charge in [0.05, 0.1) is 19.0 Å². The largest absolute Gasteiger partial charge is 0.453 e. The third-order valence-corrected chi connectivity index (χ3v) is 6.17. The molecule has 0 bridgehead atoms. The van der Waals surface area contributed by atoms with E-state index in [1.807, 2.05) is 34.9 Å². The molecule has 0 atom stereocenters. The number of aromatic nitrogens is 2. The molecule has 0 saturated carbocycles. The lowest BCUT2D eigenvalue weighted by atomic mass is 10.2. The van der Waals surface area contributed by atoms with Crippen molar-refractivity contribution in [2.75, 3.05) is 32.1 Å². The summed E-state index contributed by atoms with van der Waals surface area (Å²) >= 11 is 0. The second-order valence-corrected chi connectivity index (χ2v) is 8.01. The second-order valence-electron chi connectivity index (χ2n) is 5.92. The normalized spacial score (nSPS) is 16.5. The molecule has 3 aromatic rings. The standard InChI is InChI=1S/C17H19N3O4S/c21-25(22,20-7-10-23-11-8-20)12-9-19-6-5-18-17(19)16-13-14-3-1-2-4-15(14)24-16/h1-6,13H,7-12H2. The number of rotatable bonds is 5. The molecule has 0 N–H and O–H groups in total. The van der Waals surface area contributed by atoms with Crippen LogP contribution in [0, 0.1) is 0 Å². The Hall–Kier alpha value is -2.16. The van der Waals surface area contributed by atoms with Gasteiger partial charge in [0.25, 0.3) is 0 Å². The molecule has 0 unspecified atom stereocenters. The Balaban J connectivity index is 1.53. The Kier molecular flexibility index (Phi) is 4.32. The van der Waals surface area contributed by atoms with Crippen LogP contribution in [0.15, 0.2) is 47.1 Å². The fourth-order valence-electron chi connectivity index (χ4n) is 2.97. The van der Waals surface area contributed by atoms with Crippen LogP contribution in [0.3, 0.4) is 0 Å². The van der Waals surface area contributed by atoms with Crippen LogP contribution >= 0.6 is 0 Å². The molecule has 0 radical (unpaired) electrons. The Morgan fingerprint density at radius 1 is 1.16 bits per heavy atom. The number of ether oxygens (including phenoxy) is 1. The number of sulfonamides is 1. The van der Waals surface area contributed by atoms with E-state index in [0.29, 0.717) is 44.4 Å². The van der Waals surface area contributed by atoms with Crippen molar-refractivity contribution in [1.29, 1.82) is 0 Å². The maximum atomic E-state index is 12.5. The quantitative estimate of drug-likeness (QED) is 0.694. The average Bonchev–Trinajstić information content (AvgIpc) is 3.27. The molecule has 0 amide bonds. The van der Waals surface area contributed by atoms with Gasteiger partial charge in [0.2, 0.25) is 10.0 Å². The summed E-state index contributed by atoms with van der Waals surface area (Å²) in [5.41, 5.74) is 0.785. The van der Waals surface area contributed by atoms with Crippen LogP contribution in [0.4, 0.5) is 0 Å². The van der Waals surface area contributed by atoms with Gasteiger partial charge in [-0.3, -0.25) is 0 Å². The first-order valence-corrected chi connectivity index (χ1v) is 9.80. The number of hydrogen-bond donors (Lipinski definition) is 0. The number of benzene rings is 1. The second kappa shape index (κ2) is 6.62. The van der Waals surface area contributed by atoms with Crippen molar-refractivity contribution < 1.29 is 17.6 Å². The van der Waals surface area contributed by atoms with Gasteiger partial charge in [-0.1, -0.05) is 18.2 Å². The average molecular weight is 361 g/mol. The van der Waals surface area contributed by atoms with Crippen molar-refractivity contribution in [3.8, 4) is 11.6 Å². The number of hydrogen-bond acceptors (Lipinski definition) is 5. The first kappa shape index (κ1) is 16.3. The highest BCUT2D eigenvalue weighted by Crippen LogP contribution is 2.26. The molecular formula is C17H19N3O4S. The van der Waals surface area contributed by atoms with E-state index in [0.717, 1.165) is 11.0 Å². The van der Waals surface area contributed by atoms with E-state index in [9.17, 15) is 8.42 Å². The highest BCUT2D eigenvalue weighted by Gasteiger charge is 2.24. The summed E-state index contributed by atoms with van der Waals surface area (Å²) in [6, 6.07) is 9.65. The van der Waals surface area contributed by atoms with Gasteiger partial charge in [-0.25, -0.2) is 13.4 Å². The molecule has 2 aromatic heterocycles. The van der Waals surface area contributed by atoms with E-state index in [1.54, 1.807) is 12.4 Å². The van der Waals surface area contributed by atoms with Crippen LogP contribution in [-0.4, -0.2) is 54.3 Å². The Morgan fingerprint density at radius 2 is 1.96 bits per heavy atom. The van der Waals surface area contributed by atoms with Gasteiger partial charge in [-0.05, 0) is 12.1 Å². The summed E-state index contributed by atoms with van der Waals surface area (Å²) in [5, 5.41) is 0.994. The van der Waals surface area contributed by atoms with E-state index in [4.69, 9.17) is 9.15 Å². The highest BCUT2D eigenvalue weighted by atomic mass is 32.2. The summed E-state index contributed by atoms with van der Waals surface area (Å²) in [5.74, 6) is 1.29. The fourth-order valence-corrected chi connectivity index (χ4v) is 4.37.